The highest BCUT2D eigenvalue weighted by atomic mass is 16.4. The normalized spacial score (nSPS) is 17.7. The molecule has 5 amide bonds. The molecule has 15 heteroatoms. The van der Waals surface area contributed by atoms with Crippen LogP contribution in [-0.2, 0) is 35.2 Å². The van der Waals surface area contributed by atoms with Crippen LogP contribution < -0.4 is 27.8 Å². The third-order valence-electron chi connectivity index (χ3n) is 5.48. The number of amides is 5. The summed E-state index contributed by atoms with van der Waals surface area (Å²) >= 11 is 0. The largest absolute Gasteiger partial charge is 0.480 e. The Labute approximate surface area is 200 Å². The lowest BCUT2D eigenvalue weighted by molar-refractivity contribution is -0.143. The second kappa shape index (κ2) is 12.5. The number of nitrogens with zero attached hydrogens (tertiary/aromatic N) is 2. The van der Waals surface area contributed by atoms with Crippen LogP contribution in [0.3, 0.4) is 0 Å². The molecule has 15 nitrogen and oxygen atoms in total. The minimum atomic E-state index is -1.41. The van der Waals surface area contributed by atoms with Crippen molar-refractivity contribution in [2.75, 3.05) is 6.54 Å². The average Bonchev–Trinajstić information content (AvgIpc) is 3.46. The maximum atomic E-state index is 13.1. The molecule has 2 rings (SSSR count). The van der Waals surface area contributed by atoms with Crippen molar-refractivity contribution in [3.05, 3.63) is 18.2 Å². The summed E-state index contributed by atoms with van der Waals surface area (Å²) in [4.78, 5) is 80.2. The first-order valence-electron chi connectivity index (χ1n) is 10.9. The van der Waals surface area contributed by atoms with Crippen LogP contribution in [0, 0.1) is 0 Å². The van der Waals surface area contributed by atoms with E-state index in [0.717, 1.165) is 0 Å². The number of H-pyrrole nitrogens is 1. The van der Waals surface area contributed by atoms with Gasteiger partial charge in [0, 0.05) is 31.3 Å². The zero-order valence-electron chi connectivity index (χ0n) is 18.9. The van der Waals surface area contributed by atoms with E-state index in [4.69, 9.17) is 17.2 Å². The highest BCUT2D eigenvalue weighted by molar-refractivity contribution is 5.95. The molecule has 0 aliphatic carbocycles. The summed E-state index contributed by atoms with van der Waals surface area (Å²) < 4.78 is 0. The highest BCUT2D eigenvalue weighted by Crippen LogP contribution is 2.19. The smallest absolute Gasteiger partial charge is 0.326 e. The van der Waals surface area contributed by atoms with Gasteiger partial charge in [-0.25, -0.2) is 9.78 Å². The molecule has 1 saturated heterocycles. The summed E-state index contributed by atoms with van der Waals surface area (Å²) in [5.74, 6) is -4.94. The molecule has 0 aromatic carbocycles. The molecule has 10 N–H and O–H groups in total. The minimum Gasteiger partial charge on any atom is -0.480 e. The maximum absolute atomic E-state index is 13.1. The summed E-state index contributed by atoms with van der Waals surface area (Å²) in [6.07, 6.45) is 2.68. The molecular weight excluding hydrogens is 464 g/mol. The van der Waals surface area contributed by atoms with Crippen molar-refractivity contribution >= 4 is 35.5 Å². The molecule has 0 saturated carbocycles. The molecule has 4 unspecified atom stereocenters. The Morgan fingerprint density at radius 2 is 1.86 bits per heavy atom. The number of primary amides is 2. The van der Waals surface area contributed by atoms with E-state index >= 15 is 0 Å². The van der Waals surface area contributed by atoms with E-state index in [2.05, 4.69) is 20.6 Å². The standard InChI is InChI=1S/C20H30N8O7/c21-11(7-16(23)30)19(33)28-5-1-2-14(28)18(32)27-13(6-10-8-24-9-25-10)17(31)26-12(20(34)35)3-4-15(22)29/h8-9,11-14H,1-7,21H2,(H2,22,29)(H2,23,30)(H,24,25)(H,26,31)(H,27,32)(H,34,35). The molecule has 1 aliphatic heterocycles. The van der Waals surface area contributed by atoms with E-state index in [1.165, 1.54) is 17.4 Å². The van der Waals surface area contributed by atoms with Crippen molar-refractivity contribution in [2.45, 2.75) is 62.7 Å². The number of nitrogens with two attached hydrogens (primary N) is 3. The number of hydrogen-bond acceptors (Lipinski definition) is 8. The van der Waals surface area contributed by atoms with Crippen LogP contribution >= 0.6 is 0 Å². The summed E-state index contributed by atoms with van der Waals surface area (Å²) in [5, 5.41) is 14.2. The number of rotatable bonds is 13. The van der Waals surface area contributed by atoms with Crippen LogP contribution in [0.1, 0.15) is 37.8 Å². The Morgan fingerprint density at radius 1 is 1.14 bits per heavy atom. The Bertz CT molecular complexity index is 951. The second-order valence-corrected chi connectivity index (χ2v) is 8.21. The predicted molar refractivity (Wildman–Crippen MR) is 119 cm³/mol. The van der Waals surface area contributed by atoms with Gasteiger partial charge in [-0.15, -0.1) is 0 Å². The van der Waals surface area contributed by atoms with Crippen LogP contribution in [0.25, 0.3) is 0 Å². The van der Waals surface area contributed by atoms with Crippen molar-refractivity contribution in [1.82, 2.24) is 25.5 Å². The van der Waals surface area contributed by atoms with Crippen LogP contribution in [0.5, 0.6) is 0 Å². The lowest BCUT2D eigenvalue weighted by Gasteiger charge is -2.28. The molecule has 4 atom stereocenters. The van der Waals surface area contributed by atoms with E-state index in [1.807, 2.05) is 0 Å². The van der Waals surface area contributed by atoms with Gasteiger partial charge in [-0.05, 0) is 19.3 Å². The number of aromatic amines is 1. The molecule has 35 heavy (non-hydrogen) atoms. The van der Waals surface area contributed by atoms with Crippen molar-refractivity contribution in [3.63, 3.8) is 0 Å². The monoisotopic (exact) mass is 494 g/mol. The van der Waals surface area contributed by atoms with Crippen molar-refractivity contribution in [1.29, 1.82) is 0 Å². The van der Waals surface area contributed by atoms with Crippen LogP contribution in [-0.4, -0.2) is 86.2 Å². The number of likely N-dealkylation sites (tertiary alicyclic amines) is 1. The SMILES string of the molecule is NC(=O)CCC(NC(=O)C(Cc1cnc[nH]1)NC(=O)C1CCCN1C(=O)C(N)CC(N)=O)C(=O)O. The summed E-state index contributed by atoms with van der Waals surface area (Å²) in [6, 6.07) is -4.78. The van der Waals surface area contributed by atoms with E-state index < -0.39 is 59.7 Å². The molecule has 1 aromatic heterocycles. The zero-order chi connectivity index (χ0) is 26.1. The van der Waals surface area contributed by atoms with Gasteiger partial charge >= 0.3 is 5.97 Å². The van der Waals surface area contributed by atoms with Crippen molar-refractivity contribution in [2.24, 2.45) is 17.2 Å². The minimum absolute atomic E-state index is 0.0540. The van der Waals surface area contributed by atoms with Crippen molar-refractivity contribution < 1.29 is 33.9 Å². The first kappa shape index (κ1) is 27.2. The molecule has 0 radical (unpaired) electrons. The van der Waals surface area contributed by atoms with Crippen molar-refractivity contribution in [3.8, 4) is 0 Å². The van der Waals surface area contributed by atoms with Gasteiger partial charge in [0.2, 0.25) is 29.5 Å². The molecule has 192 valence electrons. The molecule has 0 bridgehead atoms. The number of nitrogens with one attached hydrogen (secondary N) is 3. The predicted octanol–water partition coefficient (Wildman–Crippen LogP) is -3.53. The second-order valence-electron chi connectivity index (χ2n) is 8.21. The first-order chi connectivity index (χ1) is 16.5. The van der Waals surface area contributed by atoms with E-state index in [0.29, 0.717) is 18.5 Å². The Kier molecular flexibility index (Phi) is 9.69. The number of carboxylic acid groups (broad SMARTS) is 1. The van der Waals surface area contributed by atoms with E-state index in [9.17, 15) is 33.9 Å². The first-order valence-corrected chi connectivity index (χ1v) is 10.9. The number of carbonyl (C=O) groups is 6. The summed E-state index contributed by atoms with van der Waals surface area (Å²) in [7, 11) is 0. The van der Waals surface area contributed by atoms with Crippen LogP contribution in [0.2, 0.25) is 0 Å². The van der Waals surface area contributed by atoms with Gasteiger partial charge in [0.25, 0.3) is 0 Å². The zero-order valence-corrected chi connectivity index (χ0v) is 18.9. The maximum Gasteiger partial charge on any atom is 0.326 e. The van der Waals surface area contributed by atoms with Gasteiger partial charge in [-0.1, -0.05) is 0 Å². The van der Waals surface area contributed by atoms with E-state index in [-0.39, 0.29) is 32.2 Å². The average molecular weight is 495 g/mol. The van der Waals surface area contributed by atoms with Gasteiger partial charge in [-0.2, -0.15) is 0 Å². The van der Waals surface area contributed by atoms with Gasteiger partial charge in [-0.3, -0.25) is 24.0 Å². The Morgan fingerprint density at radius 3 is 2.43 bits per heavy atom. The molecule has 0 spiro atoms. The Balaban J connectivity index is 2.15. The summed E-state index contributed by atoms with van der Waals surface area (Å²) in [6.45, 7) is 0.231. The highest BCUT2D eigenvalue weighted by Gasteiger charge is 2.38. The number of aromatic nitrogens is 2. The molecule has 1 aliphatic rings. The number of aliphatic carboxylic acids is 1. The third-order valence-corrected chi connectivity index (χ3v) is 5.48. The fraction of sp³-hybridized carbons (Fsp3) is 0.550. The Hall–Kier alpha value is -4.01. The lowest BCUT2D eigenvalue weighted by atomic mass is 10.1. The third kappa shape index (κ3) is 8.06. The van der Waals surface area contributed by atoms with Gasteiger partial charge in [0.15, 0.2) is 0 Å². The number of hydrogen-bond donors (Lipinski definition) is 7. The quantitative estimate of drug-likeness (QED) is 0.143. The summed E-state index contributed by atoms with van der Waals surface area (Å²) in [5.41, 5.74) is 16.4. The van der Waals surface area contributed by atoms with Crippen LogP contribution in [0.15, 0.2) is 12.5 Å². The number of carboxylic acids is 1. The van der Waals surface area contributed by atoms with Gasteiger partial charge in [0.05, 0.1) is 18.8 Å². The number of imidazole rings is 1. The topological polar surface area (TPSA) is 257 Å². The molecule has 1 aromatic rings. The molecule has 1 fully saturated rings. The van der Waals surface area contributed by atoms with Gasteiger partial charge < -0.3 is 42.8 Å². The van der Waals surface area contributed by atoms with E-state index in [1.54, 1.807) is 0 Å². The molecule has 2 heterocycles. The fourth-order valence-corrected chi connectivity index (χ4v) is 3.73. The lowest BCUT2D eigenvalue weighted by Crippen LogP contribution is -2.57. The fourth-order valence-electron chi connectivity index (χ4n) is 3.73. The molecular formula is C20H30N8O7. The van der Waals surface area contributed by atoms with Crippen LogP contribution in [0.4, 0.5) is 0 Å². The van der Waals surface area contributed by atoms with Gasteiger partial charge in [0.1, 0.15) is 18.1 Å². The number of carbonyl (C=O) groups excluding carboxylic acids is 5.